The number of anilines is 1. The highest BCUT2D eigenvalue weighted by Gasteiger charge is 2.22. The van der Waals surface area contributed by atoms with Crippen molar-refractivity contribution >= 4 is 34.5 Å². The van der Waals surface area contributed by atoms with Gasteiger partial charge in [-0.15, -0.1) is 0 Å². The lowest BCUT2D eigenvalue weighted by Crippen LogP contribution is -2.44. The highest BCUT2D eigenvalue weighted by atomic mass is 16.5. The van der Waals surface area contributed by atoms with Crippen molar-refractivity contribution in [3.05, 3.63) is 82.9 Å². The molecule has 0 aromatic heterocycles. The van der Waals surface area contributed by atoms with E-state index >= 15 is 0 Å². The molecule has 0 bridgehead atoms. The number of aliphatic imine (C=N–C) groups is 2. The molecule has 1 N–H and O–H groups in total. The molecule has 0 radical (unpaired) electrons. The Morgan fingerprint density at radius 1 is 0.868 bits per heavy atom. The van der Waals surface area contributed by atoms with Crippen LogP contribution in [-0.2, 0) is 17.6 Å². The molecule has 7 nitrogen and oxygen atoms in total. The van der Waals surface area contributed by atoms with Crippen LogP contribution in [0.5, 0.6) is 5.75 Å². The van der Waals surface area contributed by atoms with Crippen LogP contribution in [0.3, 0.4) is 0 Å². The molecule has 0 atom stereocenters. The molecule has 3 heterocycles. The number of likely N-dealkylation sites (N-methyl/N-ethyl adjacent to an activating group) is 1. The molecular weight excluding hydrogens is 476 g/mol. The number of benzene rings is 3. The zero-order chi connectivity index (χ0) is 26.1. The SMILES string of the molecule is CN1CCN(c2ccc3c(c2)CC(c2ccc4c(c2)CC(c2cccc(OCCCC(=O)O)c2)=N4)=N3)CC1. The van der Waals surface area contributed by atoms with Crippen molar-refractivity contribution < 1.29 is 14.6 Å². The topological polar surface area (TPSA) is 77.7 Å². The van der Waals surface area contributed by atoms with Gasteiger partial charge in [0.05, 0.1) is 29.4 Å². The summed E-state index contributed by atoms with van der Waals surface area (Å²) in [5, 5.41) is 8.80. The highest BCUT2D eigenvalue weighted by molar-refractivity contribution is 6.09. The largest absolute Gasteiger partial charge is 0.494 e. The quantitative estimate of drug-likeness (QED) is 0.432. The van der Waals surface area contributed by atoms with Crippen LogP contribution in [0.4, 0.5) is 17.1 Å². The molecule has 0 saturated carbocycles. The summed E-state index contributed by atoms with van der Waals surface area (Å²) < 4.78 is 5.76. The number of carbonyl (C=O) groups is 1. The van der Waals surface area contributed by atoms with E-state index in [0.29, 0.717) is 13.0 Å². The first-order valence-electron chi connectivity index (χ1n) is 13.3. The van der Waals surface area contributed by atoms with E-state index in [4.69, 9.17) is 19.8 Å². The van der Waals surface area contributed by atoms with Gasteiger partial charge in [-0.25, -0.2) is 0 Å². The third-order valence-corrected chi connectivity index (χ3v) is 7.54. The number of fused-ring (bicyclic) bond motifs is 2. The Morgan fingerprint density at radius 3 is 2.29 bits per heavy atom. The fourth-order valence-electron chi connectivity index (χ4n) is 5.34. The zero-order valence-corrected chi connectivity index (χ0v) is 21.7. The minimum Gasteiger partial charge on any atom is -0.494 e. The van der Waals surface area contributed by atoms with E-state index in [1.165, 1.54) is 16.8 Å². The van der Waals surface area contributed by atoms with Crippen molar-refractivity contribution in [3.8, 4) is 5.75 Å². The van der Waals surface area contributed by atoms with E-state index < -0.39 is 5.97 Å². The van der Waals surface area contributed by atoms with E-state index in [2.05, 4.69) is 53.2 Å². The van der Waals surface area contributed by atoms with Crippen LogP contribution in [0.2, 0.25) is 0 Å². The van der Waals surface area contributed by atoms with Gasteiger partial charge in [0.15, 0.2) is 0 Å². The molecule has 0 aliphatic carbocycles. The molecule has 3 aromatic carbocycles. The van der Waals surface area contributed by atoms with E-state index in [1.807, 2.05) is 24.3 Å². The van der Waals surface area contributed by atoms with E-state index in [0.717, 1.165) is 78.7 Å². The van der Waals surface area contributed by atoms with Gasteiger partial charge in [0.2, 0.25) is 0 Å². The van der Waals surface area contributed by atoms with E-state index in [1.54, 1.807) is 0 Å². The Balaban J connectivity index is 1.12. The summed E-state index contributed by atoms with van der Waals surface area (Å²) in [5.41, 5.74) is 10.2. The predicted octanol–water partition coefficient (Wildman–Crippen LogP) is 5.04. The summed E-state index contributed by atoms with van der Waals surface area (Å²) in [4.78, 5) is 25.4. The van der Waals surface area contributed by atoms with Crippen LogP contribution in [-0.4, -0.2) is 67.2 Å². The smallest absolute Gasteiger partial charge is 0.303 e. The maximum atomic E-state index is 10.7. The van der Waals surface area contributed by atoms with Gasteiger partial charge in [0, 0.05) is 51.1 Å². The molecule has 6 rings (SSSR count). The minimum atomic E-state index is -0.803. The number of hydrogen-bond acceptors (Lipinski definition) is 6. The molecule has 1 fully saturated rings. The number of hydrogen-bond donors (Lipinski definition) is 1. The van der Waals surface area contributed by atoms with Crippen molar-refractivity contribution in [2.45, 2.75) is 25.7 Å². The van der Waals surface area contributed by atoms with Gasteiger partial charge >= 0.3 is 5.97 Å². The Kier molecular flexibility index (Phi) is 6.68. The molecule has 38 heavy (non-hydrogen) atoms. The van der Waals surface area contributed by atoms with Gasteiger partial charge in [0.25, 0.3) is 0 Å². The third kappa shape index (κ3) is 5.20. The lowest BCUT2D eigenvalue weighted by Gasteiger charge is -2.34. The number of piperazine rings is 1. The second-order valence-electron chi connectivity index (χ2n) is 10.3. The predicted molar refractivity (Wildman–Crippen MR) is 151 cm³/mol. The third-order valence-electron chi connectivity index (χ3n) is 7.54. The first-order valence-corrected chi connectivity index (χ1v) is 13.3. The first-order chi connectivity index (χ1) is 18.5. The Labute approximate surface area is 223 Å². The Morgan fingerprint density at radius 2 is 1.55 bits per heavy atom. The fraction of sp³-hybridized carbons (Fsp3) is 0.323. The molecule has 194 valence electrons. The molecule has 3 aromatic rings. The zero-order valence-electron chi connectivity index (χ0n) is 21.7. The van der Waals surface area contributed by atoms with Gasteiger partial charge in [-0.1, -0.05) is 18.2 Å². The molecule has 0 spiro atoms. The lowest BCUT2D eigenvalue weighted by molar-refractivity contribution is -0.137. The highest BCUT2D eigenvalue weighted by Crippen LogP contribution is 2.35. The summed E-state index contributed by atoms with van der Waals surface area (Å²) >= 11 is 0. The monoisotopic (exact) mass is 508 g/mol. The minimum absolute atomic E-state index is 0.109. The van der Waals surface area contributed by atoms with Gasteiger partial charge < -0.3 is 19.6 Å². The molecular formula is C31H32N4O3. The summed E-state index contributed by atoms with van der Waals surface area (Å²) in [5.74, 6) is -0.0658. The van der Waals surface area contributed by atoms with Crippen LogP contribution < -0.4 is 9.64 Å². The maximum Gasteiger partial charge on any atom is 0.303 e. The number of nitrogens with zero attached hydrogens (tertiary/aromatic N) is 4. The summed E-state index contributed by atoms with van der Waals surface area (Å²) in [6.45, 7) is 4.71. The van der Waals surface area contributed by atoms with Crippen LogP contribution in [0.25, 0.3) is 0 Å². The van der Waals surface area contributed by atoms with Gasteiger partial charge in [-0.2, -0.15) is 0 Å². The van der Waals surface area contributed by atoms with Crippen molar-refractivity contribution in [1.29, 1.82) is 0 Å². The van der Waals surface area contributed by atoms with Crippen LogP contribution in [0, 0.1) is 0 Å². The average Bonchev–Trinajstić information content (AvgIpc) is 3.55. The molecule has 1 saturated heterocycles. The number of ether oxygens (including phenoxy) is 1. The standard InChI is InChI=1S/C31H32N4O3/c1-34-11-13-35(14-12-34)25-8-10-28-24(17-25)20-30(33-28)22-7-9-27-23(16-22)19-29(32-27)21-4-2-5-26(18-21)38-15-3-6-31(36)37/h2,4-5,7-10,16-18H,3,6,11-15,19-20H2,1H3,(H,36,37). The Bertz CT molecular complexity index is 1440. The first kappa shape index (κ1) is 24.4. The van der Waals surface area contributed by atoms with Crippen LogP contribution in [0.1, 0.15) is 35.1 Å². The molecule has 0 unspecified atom stereocenters. The van der Waals surface area contributed by atoms with Crippen molar-refractivity contribution in [1.82, 2.24) is 4.90 Å². The summed E-state index contributed by atoms with van der Waals surface area (Å²) in [6, 6.07) is 21.1. The lowest BCUT2D eigenvalue weighted by atomic mass is 9.98. The summed E-state index contributed by atoms with van der Waals surface area (Å²) in [7, 11) is 2.18. The van der Waals surface area contributed by atoms with Gasteiger partial charge in [-0.3, -0.25) is 14.8 Å². The second kappa shape index (κ2) is 10.4. The molecule has 3 aliphatic rings. The maximum absolute atomic E-state index is 10.7. The number of aliphatic carboxylic acids is 1. The molecule has 7 heteroatoms. The second-order valence-corrected chi connectivity index (χ2v) is 10.3. The van der Waals surface area contributed by atoms with Crippen LogP contribution in [0.15, 0.2) is 70.6 Å². The summed E-state index contributed by atoms with van der Waals surface area (Å²) in [6.07, 6.45) is 2.21. The van der Waals surface area contributed by atoms with Crippen molar-refractivity contribution in [2.24, 2.45) is 9.98 Å². The number of carboxylic acids is 1. The van der Waals surface area contributed by atoms with E-state index in [-0.39, 0.29) is 6.42 Å². The van der Waals surface area contributed by atoms with E-state index in [9.17, 15) is 4.79 Å². The fourth-order valence-corrected chi connectivity index (χ4v) is 5.34. The van der Waals surface area contributed by atoms with Gasteiger partial charge in [-0.05, 0) is 78.2 Å². The molecule has 3 aliphatic heterocycles. The number of rotatable bonds is 8. The van der Waals surface area contributed by atoms with Crippen LogP contribution >= 0.6 is 0 Å². The normalized spacial score (nSPS) is 16.6. The number of carboxylic acid groups (broad SMARTS) is 1. The van der Waals surface area contributed by atoms with Crippen molar-refractivity contribution in [3.63, 3.8) is 0 Å². The average molecular weight is 509 g/mol. The van der Waals surface area contributed by atoms with Crippen molar-refractivity contribution in [2.75, 3.05) is 44.7 Å². The molecule has 0 amide bonds. The Hall–Kier alpha value is -3.97. The van der Waals surface area contributed by atoms with Gasteiger partial charge in [0.1, 0.15) is 5.75 Å².